The highest BCUT2D eigenvalue weighted by atomic mass is 19.1. The topological polar surface area (TPSA) is 68.3 Å². The summed E-state index contributed by atoms with van der Waals surface area (Å²) in [7, 11) is 0. The molecule has 0 aliphatic heterocycles. The standard InChI is InChI=1S/C19H19FN2O3/c1-10-14-9-12(20)7-8-15(14)24-18(10)11(2)21-19(23)17-13-5-3-4-6-16(13)25-22-17/h7-9,11H,3-6H2,1-2H3,(H,21,23). The molecular formula is C19H19FN2O3. The summed E-state index contributed by atoms with van der Waals surface area (Å²) in [4.78, 5) is 12.6. The molecule has 1 amide bonds. The molecule has 0 saturated heterocycles. The number of halogens is 1. The average molecular weight is 342 g/mol. The van der Waals surface area contributed by atoms with E-state index in [1.165, 1.54) is 12.1 Å². The maximum atomic E-state index is 13.5. The molecule has 1 unspecified atom stereocenters. The molecule has 1 atom stereocenters. The summed E-state index contributed by atoms with van der Waals surface area (Å²) in [6.07, 6.45) is 3.75. The normalized spacial score (nSPS) is 15.2. The van der Waals surface area contributed by atoms with Crippen molar-refractivity contribution < 1.29 is 18.1 Å². The first kappa shape index (κ1) is 15.9. The summed E-state index contributed by atoms with van der Waals surface area (Å²) >= 11 is 0. The summed E-state index contributed by atoms with van der Waals surface area (Å²) in [5.74, 6) is 0.852. The third-order valence-electron chi connectivity index (χ3n) is 4.84. The van der Waals surface area contributed by atoms with E-state index in [4.69, 9.17) is 8.94 Å². The van der Waals surface area contributed by atoms with Gasteiger partial charge in [-0.15, -0.1) is 0 Å². The summed E-state index contributed by atoms with van der Waals surface area (Å²) in [5, 5.41) is 7.59. The van der Waals surface area contributed by atoms with Gasteiger partial charge in [-0.25, -0.2) is 4.39 Å². The second-order valence-corrected chi connectivity index (χ2v) is 6.57. The maximum Gasteiger partial charge on any atom is 0.274 e. The molecule has 0 spiro atoms. The fourth-order valence-corrected chi connectivity index (χ4v) is 3.52. The molecule has 25 heavy (non-hydrogen) atoms. The van der Waals surface area contributed by atoms with Crippen LogP contribution in [0.2, 0.25) is 0 Å². The van der Waals surface area contributed by atoms with Crippen LogP contribution in [0.15, 0.2) is 27.1 Å². The third-order valence-corrected chi connectivity index (χ3v) is 4.84. The molecule has 0 bridgehead atoms. The van der Waals surface area contributed by atoms with E-state index in [1.807, 2.05) is 13.8 Å². The monoisotopic (exact) mass is 342 g/mol. The molecule has 1 aliphatic rings. The van der Waals surface area contributed by atoms with Gasteiger partial charge in [0.1, 0.15) is 22.9 Å². The Hall–Kier alpha value is -2.63. The number of hydrogen-bond donors (Lipinski definition) is 1. The van der Waals surface area contributed by atoms with Crippen LogP contribution in [0.4, 0.5) is 4.39 Å². The van der Waals surface area contributed by atoms with Gasteiger partial charge in [0.2, 0.25) is 0 Å². The molecule has 6 heteroatoms. The van der Waals surface area contributed by atoms with Gasteiger partial charge in [0.15, 0.2) is 5.69 Å². The molecular weight excluding hydrogens is 323 g/mol. The molecule has 5 nitrogen and oxygen atoms in total. The smallest absolute Gasteiger partial charge is 0.274 e. The van der Waals surface area contributed by atoms with Gasteiger partial charge in [0, 0.05) is 22.9 Å². The predicted molar refractivity (Wildman–Crippen MR) is 89.9 cm³/mol. The molecule has 1 aliphatic carbocycles. The Balaban J connectivity index is 1.60. The average Bonchev–Trinajstić information content (AvgIpc) is 3.17. The lowest BCUT2D eigenvalue weighted by molar-refractivity contribution is 0.0925. The van der Waals surface area contributed by atoms with Gasteiger partial charge in [-0.1, -0.05) is 5.16 Å². The molecule has 0 saturated carbocycles. The van der Waals surface area contributed by atoms with Gasteiger partial charge >= 0.3 is 0 Å². The van der Waals surface area contributed by atoms with Crippen molar-refractivity contribution in [2.75, 3.05) is 0 Å². The van der Waals surface area contributed by atoms with Crippen molar-refractivity contribution in [3.05, 3.63) is 52.4 Å². The Morgan fingerprint density at radius 2 is 2.12 bits per heavy atom. The van der Waals surface area contributed by atoms with Crippen LogP contribution in [0.3, 0.4) is 0 Å². The number of amides is 1. The van der Waals surface area contributed by atoms with Crippen molar-refractivity contribution >= 4 is 16.9 Å². The summed E-state index contributed by atoms with van der Waals surface area (Å²) in [6.45, 7) is 3.70. The Bertz CT molecular complexity index is 957. The van der Waals surface area contributed by atoms with Crippen molar-refractivity contribution in [2.45, 2.75) is 45.6 Å². The van der Waals surface area contributed by atoms with E-state index in [0.29, 0.717) is 17.0 Å². The van der Waals surface area contributed by atoms with Gasteiger partial charge in [-0.2, -0.15) is 0 Å². The second-order valence-electron chi connectivity index (χ2n) is 6.57. The third kappa shape index (κ3) is 2.71. The van der Waals surface area contributed by atoms with E-state index in [1.54, 1.807) is 6.07 Å². The number of fused-ring (bicyclic) bond motifs is 2. The van der Waals surface area contributed by atoms with Crippen LogP contribution >= 0.6 is 0 Å². The number of hydrogen-bond acceptors (Lipinski definition) is 4. The van der Waals surface area contributed by atoms with Crippen molar-refractivity contribution in [2.24, 2.45) is 0 Å². The van der Waals surface area contributed by atoms with Crippen LogP contribution in [-0.2, 0) is 12.8 Å². The maximum absolute atomic E-state index is 13.5. The molecule has 2 aromatic heterocycles. The number of nitrogens with one attached hydrogen (secondary N) is 1. The SMILES string of the molecule is Cc1c(C(C)NC(=O)c2noc3c2CCCC3)oc2ccc(F)cc12. The molecule has 3 aromatic rings. The van der Waals surface area contributed by atoms with E-state index < -0.39 is 0 Å². The zero-order chi connectivity index (χ0) is 17.6. The van der Waals surface area contributed by atoms with Crippen molar-refractivity contribution in [1.29, 1.82) is 0 Å². The van der Waals surface area contributed by atoms with Crippen molar-refractivity contribution in [3.63, 3.8) is 0 Å². The molecule has 0 fully saturated rings. The van der Waals surface area contributed by atoms with Crippen LogP contribution in [0.5, 0.6) is 0 Å². The minimum atomic E-state index is -0.362. The van der Waals surface area contributed by atoms with Crippen molar-refractivity contribution in [1.82, 2.24) is 10.5 Å². The van der Waals surface area contributed by atoms with Gasteiger partial charge in [0.05, 0.1) is 6.04 Å². The zero-order valence-electron chi connectivity index (χ0n) is 14.2. The number of benzene rings is 1. The van der Waals surface area contributed by atoms with E-state index in [0.717, 1.165) is 48.0 Å². The lowest BCUT2D eigenvalue weighted by Gasteiger charge is -2.13. The Morgan fingerprint density at radius 1 is 1.32 bits per heavy atom. The van der Waals surface area contributed by atoms with Gasteiger partial charge < -0.3 is 14.3 Å². The number of carbonyl (C=O) groups excluding carboxylic acids is 1. The number of furan rings is 1. The van der Waals surface area contributed by atoms with Crippen LogP contribution in [0.1, 0.15) is 58.9 Å². The number of aryl methyl sites for hydroxylation is 2. The predicted octanol–water partition coefficient (Wildman–Crippen LogP) is 4.24. The Labute approximate surface area is 144 Å². The Morgan fingerprint density at radius 3 is 2.96 bits per heavy atom. The van der Waals surface area contributed by atoms with Crippen molar-refractivity contribution in [3.8, 4) is 0 Å². The molecule has 130 valence electrons. The van der Waals surface area contributed by atoms with E-state index in [-0.39, 0.29) is 17.8 Å². The van der Waals surface area contributed by atoms with Gasteiger partial charge in [-0.3, -0.25) is 4.79 Å². The van der Waals surface area contributed by atoms with E-state index in [9.17, 15) is 9.18 Å². The molecule has 1 aromatic carbocycles. The fourth-order valence-electron chi connectivity index (χ4n) is 3.52. The lowest BCUT2D eigenvalue weighted by Crippen LogP contribution is -2.28. The van der Waals surface area contributed by atoms with Crippen LogP contribution in [0.25, 0.3) is 11.0 Å². The highest BCUT2D eigenvalue weighted by Gasteiger charge is 2.26. The summed E-state index contributed by atoms with van der Waals surface area (Å²) in [6, 6.07) is 4.04. The number of aromatic nitrogens is 1. The molecule has 1 N–H and O–H groups in total. The molecule has 0 radical (unpaired) electrons. The summed E-state index contributed by atoms with van der Waals surface area (Å²) in [5.41, 5.74) is 2.71. The number of nitrogens with zero attached hydrogens (tertiary/aromatic N) is 1. The van der Waals surface area contributed by atoms with Crippen LogP contribution in [0, 0.1) is 12.7 Å². The second kappa shape index (κ2) is 6.02. The highest BCUT2D eigenvalue weighted by Crippen LogP contribution is 2.30. The number of rotatable bonds is 3. The van der Waals surface area contributed by atoms with E-state index in [2.05, 4.69) is 10.5 Å². The highest BCUT2D eigenvalue weighted by molar-refractivity contribution is 5.94. The molecule has 2 heterocycles. The van der Waals surface area contributed by atoms with Gasteiger partial charge in [0.25, 0.3) is 5.91 Å². The fraction of sp³-hybridized carbons (Fsp3) is 0.368. The largest absolute Gasteiger partial charge is 0.459 e. The van der Waals surface area contributed by atoms with Gasteiger partial charge in [-0.05, 0) is 51.3 Å². The molecule has 4 rings (SSSR count). The number of carbonyl (C=O) groups is 1. The quantitative estimate of drug-likeness (QED) is 0.773. The first-order valence-corrected chi connectivity index (χ1v) is 8.51. The Kier molecular flexibility index (Phi) is 3.82. The summed E-state index contributed by atoms with van der Waals surface area (Å²) < 4.78 is 24.6. The lowest BCUT2D eigenvalue weighted by atomic mass is 9.96. The van der Waals surface area contributed by atoms with Crippen LogP contribution < -0.4 is 5.32 Å². The van der Waals surface area contributed by atoms with Crippen LogP contribution in [-0.4, -0.2) is 11.1 Å². The minimum Gasteiger partial charge on any atom is -0.459 e. The zero-order valence-corrected chi connectivity index (χ0v) is 14.2. The first-order chi connectivity index (χ1) is 12.0. The van der Waals surface area contributed by atoms with E-state index >= 15 is 0 Å². The minimum absolute atomic E-state index is 0.273. The first-order valence-electron chi connectivity index (χ1n) is 8.51.